The summed E-state index contributed by atoms with van der Waals surface area (Å²) in [7, 11) is -3.59. The molecule has 0 bridgehead atoms. The predicted octanol–water partition coefficient (Wildman–Crippen LogP) is 1.09. The lowest BCUT2D eigenvalue weighted by Gasteiger charge is -2.13. The number of benzene rings is 1. The van der Waals surface area contributed by atoms with Crippen LogP contribution in [0.15, 0.2) is 29.4 Å². The van der Waals surface area contributed by atoms with Gasteiger partial charge in [0, 0.05) is 24.0 Å². The lowest BCUT2D eigenvalue weighted by Crippen LogP contribution is -2.25. The van der Waals surface area contributed by atoms with Crippen molar-refractivity contribution in [2.45, 2.75) is 25.3 Å². The Morgan fingerprint density at radius 2 is 2.11 bits per heavy atom. The topological polar surface area (TPSA) is 101 Å². The van der Waals surface area contributed by atoms with Crippen LogP contribution in [0.25, 0.3) is 0 Å². The first-order valence-corrected chi connectivity index (χ1v) is 7.23. The van der Waals surface area contributed by atoms with Crippen LogP contribution < -0.4 is 10.5 Å². The summed E-state index contributed by atoms with van der Waals surface area (Å²) in [6.07, 6.45) is 3.21. The van der Waals surface area contributed by atoms with Crippen molar-refractivity contribution in [3.63, 3.8) is 0 Å². The Hall–Kier alpha value is -1.86. The van der Waals surface area contributed by atoms with Crippen molar-refractivity contribution in [3.8, 4) is 0 Å². The third-order valence-corrected chi connectivity index (χ3v) is 4.62. The molecule has 7 heteroatoms. The van der Waals surface area contributed by atoms with Gasteiger partial charge in [0.15, 0.2) is 0 Å². The number of nitrogen functional groups attached to an aromatic ring is 1. The van der Waals surface area contributed by atoms with Crippen LogP contribution in [0.3, 0.4) is 0 Å². The molecule has 1 aromatic carbocycles. The molecule has 0 aliphatic carbocycles. The second-order valence-corrected chi connectivity index (χ2v) is 6.06. The zero-order chi connectivity index (χ0) is 14.0. The van der Waals surface area contributed by atoms with Crippen molar-refractivity contribution in [1.82, 2.24) is 14.9 Å². The summed E-state index contributed by atoms with van der Waals surface area (Å²) >= 11 is 0. The zero-order valence-corrected chi connectivity index (χ0v) is 11.6. The number of hydrogen-bond acceptors (Lipinski definition) is 4. The molecule has 1 aromatic heterocycles. The van der Waals surface area contributed by atoms with E-state index in [9.17, 15) is 8.42 Å². The number of nitrogens with one attached hydrogen (secondary N) is 2. The number of anilines is 1. The Morgan fingerprint density at radius 3 is 2.74 bits per heavy atom. The van der Waals surface area contributed by atoms with Crippen LogP contribution in [0.5, 0.6) is 0 Å². The Bertz CT molecular complexity index is 678. The molecule has 0 saturated heterocycles. The van der Waals surface area contributed by atoms with E-state index in [2.05, 4.69) is 14.9 Å². The van der Waals surface area contributed by atoms with Gasteiger partial charge in [0.05, 0.1) is 11.1 Å². The maximum absolute atomic E-state index is 12.3. The van der Waals surface area contributed by atoms with Gasteiger partial charge >= 0.3 is 0 Å². The van der Waals surface area contributed by atoms with Crippen molar-refractivity contribution in [3.05, 3.63) is 41.2 Å². The minimum absolute atomic E-state index is 0.187. The van der Waals surface area contributed by atoms with Gasteiger partial charge in [-0.05, 0) is 31.0 Å². The second-order valence-electron chi connectivity index (χ2n) is 4.36. The predicted molar refractivity (Wildman–Crippen MR) is 72.9 cm³/mol. The molecular weight excluding hydrogens is 264 g/mol. The Morgan fingerprint density at radius 1 is 1.37 bits per heavy atom. The van der Waals surface area contributed by atoms with E-state index in [1.54, 1.807) is 38.4 Å². The second kappa shape index (κ2) is 5.02. The number of sulfonamides is 1. The van der Waals surface area contributed by atoms with Gasteiger partial charge in [-0.3, -0.25) is 5.10 Å². The van der Waals surface area contributed by atoms with Gasteiger partial charge in [0.2, 0.25) is 10.0 Å². The van der Waals surface area contributed by atoms with Gasteiger partial charge in [-0.25, -0.2) is 13.1 Å². The van der Waals surface area contributed by atoms with E-state index in [0.717, 1.165) is 5.56 Å². The van der Waals surface area contributed by atoms with Gasteiger partial charge in [0.1, 0.15) is 0 Å². The summed E-state index contributed by atoms with van der Waals surface area (Å²) in [5, 5.41) is 6.40. The summed E-state index contributed by atoms with van der Waals surface area (Å²) in [5.41, 5.74) is 8.24. The molecule has 1 heterocycles. The third kappa shape index (κ3) is 2.77. The first-order valence-electron chi connectivity index (χ1n) is 5.75. The molecule has 0 fully saturated rings. The quantitative estimate of drug-likeness (QED) is 0.730. The van der Waals surface area contributed by atoms with Gasteiger partial charge in [-0.15, -0.1) is 0 Å². The van der Waals surface area contributed by atoms with Crippen LogP contribution in [0.4, 0.5) is 5.69 Å². The zero-order valence-electron chi connectivity index (χ0n) is 10.8. The molecule has 0 spiro atoms. The molecule has 6 nitrogen and oxygen atoms in total. The highest BCUT2D eigenvalue weighted by atomic mass is 32.2. The molecule has 0 saturated carbocycles. The van der Waals surface area contributed by atoms with E-state index in [0.29, 0.717) is 16.8 Å². The fourth-order valence-electron chi connectivity index (χ4n) is 1.88. The van der Waals surface area contributed by atoms with Gasteiger partial charge in [-0.1, -0.05) is 6.07 Å². The number of H-pyrrole nitrogens is 1. The average molecular weight is 280 g/mol. The highest BCUT2D eigenvalue weighted by Gasteiger charge is 2.20. The molecule has 0 aliphatic heterocycles. The number of hydrogen-bond donors (Lipinski definition) is 3. The summed E-state index contributed by atoms with van der Waals surface area (Å²) in [6.45, 7) is 3.64. The number of aromatic nitrogens is 2. The maximum atomic E-state index is 12.3. The number of rotatable bonds is 4. The number of nitrogens with zero attached hydrogens (tertiary/aromatic N) is 1. The third-order valence-electron chi connectivity index (χ3n) is 2.93. The largest absolute Gasteiger partial charge is 0.398 e. The van der Waals surface area contributed by atoms with Crippen molar-refractivity contribution in [1.29, 1.82) is 0 Å². The molecule has 0 aliphatic rings. The van der Waals surface area contributed by atoms with Crippen molar-refractivity contribution < 1.29 is 8.42 Å². The lowest BCUT2D eigenvalue weighted by molar-refractivity contribution is 0.580. The summed E-state index contributed by atoms with van der Waals surface area (Å²) < 4.78 is 27.2. The Labute approximate surface area is 112 Å². The smallest absolute Gasteiger partial charge is 0.241 e. The van der Waals surface area contributed by atoms with Gasteiger partial charge in [-0.2, -0.15) is 5.10 Å². The fourth-order valence-corrected chi connectivity index (χ4v) is 3.39. The summed E-state index contributed by atoms with van der Waals surface area (Å²) in [4.78, 5) is 0.246. The molecule has 4 N–H and O–H groups in total. The van der Waals surface area contributed by atoms with E-state index in [-0.39, 0.29) is 11.4 Å². The standard InChI is InChI=1S/C12H16N4O2S/c1-8-3-4-11(13)9(2)12(8)19(17,18)16-7-10-5-14-15-6-10/h3-6,16H,7,13H2,1-2H3,(H,14,15). The SMILES string of the molecule is Cc1ccc(N)c(C)c1S(=O)(=O)NCc1cn[nH]c1. The fraction of sp³-hybridized carbons (Fsp3) is 0.250. The van der Waals surface area contributed by atoms with E-state index in [1.807, 2.05) is 0 Å². The maximum Gasteiger partial charge on any atom is 0.241 e. The number of nitrogens with two attached hydrogens (primary N) is 1. The monoisotopic (exact) mass is 280 g/mol. The van der Waals surface area contributed by atoms with Crippen molar-refractivity contribution in [2.24, 2.45) is 0 Å². The van der Waals surface area contributed by atoms with Crippen molar-refractivity contribution in [2.75, 3.05) is 5.73 Å². The first-order chi connectivity index (χ1) is 8.92. The van der Waals surface area contributed by atoms with E-state index >= 15 is 0 Å². The molecule has 0 unspecified atom stereocenters. The summed E-state index contributed by atoms with van der Waals surface area (Å²) in [6, 6.07) is 3.41. The molecule has 2 aromatic rings. The molecule has 0 radical (unpaired) electrons. The Kier molecular flexibility index (Phi) is 3.59. The number of aryl methyl sites for hydroxylation is 1. The van der Waals surface area contributed by atoms with Crippen molar-refractivity contribution >= 4 is 15.7 Å². The normalized spacial score (nSPS) is 11.7. The van der Waals surface area contributed by atoms with Crippen LogP contribution in [-0.2, 0) is 16.6 Å². The van der Waals surface area contributed by atoms with Crippen LogP contribution >= 0.6 is 0 Å². The van der Waals surface area contributed by atoms with Crippen LogP contribution in [0.2, 0.25) is 0 Å². The molecular formula is C12H16N4O2S. The highest BCUT2D eigenvalue weighted by molar-refractivity contribution is 7.89. The Balaban J connectivity index is 2.32. The van der Waals surface area contributed by atoms with E-state index in [1.165, 1.54) is 0 Å². The molecule has 2 rings (SSSR count). The van der Waals surface area contributed by atoms with E-state index in [4.69, 9.17) is 5.73 Å². The summed E-state index contributed by atoms with van der Waals surface area (Å²) in [5.74, 6) is 0. The average Bonchev–Trinajstić information content (AvgIpc) is 2.85. The van der Waals surface area contributed by atoms with Crippen LogP contribution in [0, 0.1) is 13.8 Å². The number of aromatic amines is 1. The van der Waals surface area contributed by atoms with Crippen LogP contribution in [-0.4, -0.2) is 18.6 Å². The lowest BCUT2D eigenvalue weighted by atomic mass is 10.1. The molecule has 0 atom stereocenters. The van der Waals surface area contributed by atoms with Gasteiger partial charge < -0.3 is 5.73 Å². The first kappa shape index (κ1) is 13.6. The molecule has 19 heavy (non-hydrogen) atoms. The minimum atomic E-state index is -3.59. The molecule has 0 amide bonds. The minimum Gasteiger partial charge on any atom is -0.398 e. The highest BCUT2D eigenvalue weighted by Crippen LogP contribution is 2.24. The van der Waals surface area contributed by atoms with E-state index < -0.39 is 10.0 Å². The van der Waals surface area contributed by atoms with Crippen LogP contribution in [0.1, 0.15) is 16.7 Å². The van der Waals surface area contributed by atoms with Gasteiger partial charge in [0.25, 0.3) is 0 Å². The molecule has 102 valence electrons.